The van der Waals surface area contributed by atoms with Crippen molar-refractivity contribution < 1.29 is 9.53 Å². The third kappa shape index (κ3) is 4.54. The standard InChI is InChI=1S/C22H23BrN2O2/c1-14-11-15(2)21-18(12-14)19(22(26)24-9-4-10-27-3)13-20(25-21)16-5-7-17(23)8-6-16/h5-8,11-13H,4,9-10H2,1-3H3,(H,24,26). The van der Waals surface area contributed by atoms with Gasteiger partial charge in [0.25, 0.3) is 5.91 Å². The van der Waals surface area contributed by atoms with Gasteiger partial charge in [0.05, 0.1) is 16.8 Å². The summed E-state index contributed by atoms with van der Waals surface area (Å²) in [6.45, 7) is 5.28. The average molecular weight is 427 g/mol. The molecule has 0 radical (unpaired) electrons. The van der Waals surface area contributed by atoms with Gasteiger partial charge in [0.1, 0.15) is 0 Å². The van der Waals surface area contributed by atoms with Gasteiger partial charge in [-0.05, 0) is 50.1 Å². The average Bonchev–Trinajstić information content (AvgIpc) is 2.65. The van der Waals surface area contributed by atoms with Crippen molar-refractivity contribution in [3.63, 3.8) is 0 Å². The number of methoxy groups -OCH3 is 1. The van der Waals surface area contributed by atoms with Crippen LogP contribution < -0.4 is 5.32 Å². The highest BCUT2D eigenvalue weighted by Crippen LogP contribution is 2.28. The van der Waals surface area contributed by atoms with Gasteiger partial charge in [-0.15, -0.1) is 0 Å². The molecular formula is C22H23BrN2O2. The van der Waals surface area contributed by atoms with Crippen molar-refractivity contribution in [1.29, 1.82) is 0 Å². The number of nitrogens with one attached hydrogen (secondary N) is 1. The number of aryl methyl sites for hydroxylation is 2. The molecule has 0 bridgehead atoms. The first-order valence-corrected chi connectivity index (χ1v) is 9.74. The lowest BCUT2D eigenvalue weighted by atomic mass is 9.99. The summed E-state index contributed by atoms with van der Waals surface area (Å²) in [7, 11) is 1.66. The van der Waals surface area contributed by atoms with E-state index < -0.39 is 0 Å². The smallest absolute Gasteiger partial charge is 0.252 e. The maximum absolute atomic E-state index is 12.9. The van der Waals surface area contributed by atoms with Crippen molar-refractivity contribution in [2.75, 3.05) is 20.3 Å². The molecule has 0 aliphatic carbocycles. The Bertz CT molecular complexity index is 968. The molecule has 0 saturated heterocycles. The predicted molar refractivity (Wildman–Crippen MR) is 113 cm³/mol. The van der Waals surface area contributed by atoms with E-state index in [0.29, 0.717) is 18.7 Å². The van der Waals surface area contributed by atoms with Gasteiger partial charge < -0.3 is 10.1 Å². The molecule has 3 rings (SSSR count). The van der Waals surface area contributed by atoms with E-state index >= 15 is 0 Å². The van der Waals surface area contributed by atoms with Crippen molar-refractivity contribution >= 4 is 32.7 Å². The van der Waals surface area contributed by atoms with E-state index in [-0.39, 0.29) is 5.91 Å². The van der Waals surface area contributed by atoms with Crippen molar-refractivity contribution in [2.24, 2.45) is 0 Å². The van der Waals surface area contributed by atoms with Crippen LogP contribution in [0, 0.1) is 13.8 Å². The number of nitrogens with zero attached hydrogens (tertiary/aromatic N) is 1. The van der Waals surface area contributed by atoms with Gasteiger partial charge >= 0.3 is 0 Å². The van der Waals surface area contributed by atoms with E-state index in [1.54, 1.807) is 7.11 Å². The Morgan fingerprint density at radius 1 is 1.15 bits per heavy atom. The van der Waals surface area contributed by atoms with Crippen LogP contribution in [0.25, 0.3) is 22.2 Å². The van der Waals surface area contributed by atoms with Gasteiger partial charge in [-0.2, -0.15) is 0 Å². The van der Waals surface area contributed by atoms with Crippen molar-refractivity contribution in [3.8, 4) is 11.3 Å². The maximum atomic E-state index is 12.9. The summed E-state index contributed by atoms with van der Waals surface area (Å²) in [6.07, 6.45) is 0.781. The van der Waals surface area contributed by atoms with Crippen LogP contribution in [-0.4, -0.2) is 31.2 Å². The van der Waals surface area contributed by atoms with E-state index in [0.717, 1.165) is 44.2 Å². The summed E-state index contributed by atoms with van der Waals surface area (Å²) in [5.41, 5.74) is 5.48. The Balaban J connectivity index is 2.08. The maximum Gasteiger partial charge on any atom is 0.252 e. The number of carbonyl (C=O) groups is 1. The molecule has 0 aliphatic rings. The minimum Gasteiger partial charge on any atom is -0.385 e. The second-order valence-corrected chi connectivity index (χ2v) is 7.56. The van der Waals surface area contributed by atoms with Gasteiger partial charge in [-0.1, -0.05) is 39.7 Å². The quantitative estimate of drug-likeness (QED) is 0.561. The van der Waals surface area contributed by atoms with Gasteiger partial charge in [0.2, 0.25) is 0 Å². The minimum atomic E-state index is -0.0816. The number of aromatic nitrogens is 1. The molecule has 0 saturated carbocycles. The van der Waals surface area contributed by atoms with Crippen molar-refractivity contribution in [1.82, 2.24) is 10.3 Å². The van der Waals surface area contributed by atoms with Crippen LogP contribution in [0.15, 0.2) is 46.9 Å². The lowest BCUT2D eigenvalue weighted by Gasteiger charge is -2.13. The van der Waals surface area contributed by atoms with Crippen LogP contribution >= 0.6 is 15.9 Å². The molecule has 0 unspecified atom stereocenters. The van der Waals surface area contributed by atoms with E-state index in [1.807, 2.05) is 50.2 Å². The van der Waals surface area contributed by atoms with E-state index in [2.05, 4.69) is 27.3 Å². The predicted octanol–water partition coefficient (Wildman–Crippen LogP) is 5.05. The molecular weight excluding hydrogens is 404 g/mol. The first-order valence-electron chi connectivity index (χ1n) is 8.94. The van der Waals surface area contributed by atoms with Crippen LogP contribution in [-0.2, 0) is 4.74 Å². The first-order chi connectivity index (χ1) is 13.0. The number of fused-ring (bicyclic) bond motifs is 1. The molecule has 1 amide bonds. The molecule has 1 heterocycles. The Labute approximate surface area is 168 Å². The first kappa shape index (κ1) is 19.5. The van der Waals surface area contributed by atoms with Crippen LogP contribution in [0.2, 0.25) is 0 Å². The summed E-state index contributed by atoms with van der Waals surface area (Å²) >= 11 is 3.46. The summed E-state index contributed by atoms with van der Waals surface area (Å²) in [4.78, 5) is 17.7. The number of benzene rings is 2. The molecule has 1 N–H and O–H groups in total. The SMILES string of the molecule is COCCCNC(=O)c1cc(-c2ccc(Br)cc2)nc2c(C)cc(C)cc12. The van der Waals surface area contributed by atoms with Gasteiger partial charge in [-0.3, -0.25) is 4.79 Å². The summed E-state index contributed by atoms with van der Waals surface area (Å²) in [5.74, 6) is -0.0816. The van der Waals surface area contributed by atoms with Crippen LogP contribution in [0.3, 0.4) is 0 Å². The Morgan fingerprint density at radius 2 is 1.89 bits per heavy atom. The topological polar surface area (TPSA) is 51.2 Å². The number of hydrogen-bond donors (Lipinski definition) is 1. The van der Waals surface area contributed by atoms with Gasteiger partial charge in [0.15, 0.2) is 0 Å². The zero-order valence-corrected chi connectivity index (χ0v) is 17.4. The van der Waals surface area contributed by atoms with Gasteiger partial charge in [-0.25, -0.2) is 4.98 Å². The van der Waals surface area contributed by atoms with Crippen molar-refractivity contribution in [3.05, 3.63) is 63.6 Å². The van der Waals surface area contributed by atoms with Crippen LogP contribution in [0.5, 0.6) is 0 Å². The fraction of sp³-hybridized carbons (Fsp3) is 0.273. The second kappa shape index (κ2) is 8.63. The summed E-state index contributed by atoms with van der Waals surface area (Å²) < 4.78 is 6.06. The zero-order valence-electron chi connectivity index (χ0n) is 15.8. The van der Waals surface area contributed by atoms with Gasteiger partial charge in [0, 0.05) is 35.7 Å². The molecule has 0 aliphatic heterocycles. The third-order valence-corrected chi connectivity index (χ3v) is 4.97. The molecule has 0 fully saturated rings. The fourth-order valence-electron chi connectivity index (χ4n) is 3.15. The lowest BCUT2D eigenvalue weighted by molar-refractivity contribution is 0.0950. The Hall–Kier alpha value is -2.24. The van der Waals surface area contributed by atoms with Crippen LogP contribution in [0.1, 0.15) is 27.9 Å². The van der Waals surface area contributed by atoms with E-state index in [9.17, 15) is 4.79 Å². The minimum absolute atomic E-state index is 0.0816. The highest BCUT2D eigenvalue weighted by Gasteiger charge is 2.15. The number of amides is 1. The number of hydrogen-bond acceptors (Lipinski definition) is 3. The normalized spacial score (nSPS) is 11.0. The highest BCUT2D eigenvalue weighted by molar-refractivity contribution is 9.10. The number of halogens is 1. The summed E-state index contributed by atoms with van der Waals surface area (Å²) in [6, 6.07) is 14.0. The molecule has 1 aromatic heterocycles. The Kier molecular flexibility index (Phi) is 6.24. The molecule has 5 heteroatoms. The molecule has 3 aromatic rings. The summed E-state index contributed by atoms with van der Waals surface area (Å²) in [5, 5.41) is 3.89. The second-order valence-electron chi connectivity index (χ2n) is 6.64. The Morgan fingerprint density at radius 3 is 2.59 bits per heavy atom. The monoisotopic (exact) mass is 426 g/mol. The number of pyridine rings is 1. The number of ether oxygens (including phenoxy) is 1. The van der Waals surface area contributed by atoms with E-state index in [4.69, 9.17) is 9.72 Å². The largest absolute Gasteiger partial charge is 0.385 e. The number of carbonyl (C=O) groups excluding carboxylic acids is 1. The molecule has 2 aromatic carbocycles. The van der Waals surface area contributed by atoms with Crippen molar-refractivity contribution in [2.45, 2.75) is 20.3 Å². The fourth-order valence-corrected chi connectivity index (χ4v) is 3.42. The van der Waals surface area contributed by atoms with Crippen LogP contribution in [0.4, 0.5) is 0 Å². The van der Waals surface area contributed by atoms with E-state index in [1.165, 1.54) is 0 Å². The number of rotatable bonds is 6. The third-order valence-electron chi connectivity index (χ3n) is 4.44. The molecule has 0 spiro atoms. The molecule has 0 atom stereocenters. The zero-order chi connectivity index (χ0) is 19.4. The molecule has 27 heavy (non-hydrogen) atoms. The highest BCUT2D eigenvalue weighted by atomic mass is 79.9. The lowest BCUT2D eigenvalue weighted by Crippen LogP contribution is -2.25. The molecule has 140 valence electrons. The molecule has 4 nitrogen and oxygen atoms in total.